The van der Waals surface area contributed by atoms with E-state index in [2.05, 4.69) is 14.8 Å². The topological polar surface area (TPSA) is 120 Å². The second-order valence-corrected chi connectivity index (χ2v) is 5.83. The van der Waals surface area contributed by atoms with Crippen molar-refractivity contribution in [2.45, 2.75) is 11.8 Å². The maximum absolute atomic E-state index is 13.6. The zero-order chi connectivity index (χ0) is 15.8. The molecule has 2 aromatic rings. The molecule has 0 spiro atoms. The lowest BCUT2D eigenvalue weighted by Crippen LogP contribution is -2.17. The Morgan fingerprint density at radius 1 is 1.43 bits per heavy atom. The molecule has 0 atom stereocenters. The van der Waals surface area contributed by atoms with Gasteiger partial charge in [0, 0.05) is 13.1 Å². The Hall–Kier alpha value is -2.56. The van der Waals surface area contributed by atoms with Gasteiger partial charge in [0.25, 0.3) is 10.0 Å². The normalized spacial score (nSPS) is 11.4. The number of hydrogen-bond acceptors (Lipinski definition) is 6. The van der Waals surface area contributed by atoms with Gasteiger partial charge in [0.1, 0.15) is 6.33 Å². The van der Waals surface area contributed by atoms with E-state index in [-0.39, 0.29) is 11.5 Å². The first-order chi connectivity index (χ1) is 9.72. The van der Waals surface area contributed by atoms with Gasteiger partial charge in [-0.3, -0.25) is 10.1 Å². The van der Waals surface area contributed by atoms with Crippen molar-refractivity contribution in [2.24, 2.45) is 7.05 Å². The fraction of sp³-hybridized carbons (Fsp3) is 0.200. The van der Waals surface area contributed by atoms with Crippen LogP contribution >= 0.6 is 0 Å². The Labute approximate surface area is 118 Å². The third-order valence-electron chi connectivity index (χ3n) is 2.65. The standard InChI is InChI=1S/C10H10FN5O4S/c1-6-3-7(4-8(9(6)11)16(17)18)21(19,20)14-10-12-5-13-15(10)2/h3-5H,1-2H3,(H,12,13,14). The number of halogens is 1. The molecule has 1 N–H and O–H groups in total. The molecule has 0 bridgehead atoms. The Kier molecular flexibility index (Phi) is 3.60. The van der Waals surface area contributed by atoms with E-state index in [9.17, 15) is 22.9 Å². The van der Waals surface area contributed by atoms with E-state index in [0.29, 0.717) is 6.07 Å². The number of nitrogens with one attached hydrogen (secondary N) is 1. The van der Waals surface area contributed by atoms with Crippen LogP contribution in [0.15, 0.2) is 23.4 Å². The van der Waals surface area contributed by atoms with Crippen LogP contribution in [0.3, 0.4) is 0 Å². The van der Waals surface area contributed by atoms with E-state index < -0.39 is 31.3 Å². The molecule has 0 saturated heterocycles. The number of nitro groups is 1. The number of aromatic nitrogens is 3. The highest BCUT2D eigenvalue weighted by atomic mass is 32.2. The molecule has 2 rings (SSSR count). The number of benzene rings is 1. The van der Waals surface area contributed by atoms with Gasteiger partial charge in [-0.1, -0.05) is 0 Å². The first-order valence-electron chi connectivity index (χ1n) is 5.53. The molecule has 0 unspecified atom stereocenters. The van der Waals surface area contributed by atoms with Gasteiger partial charge in [-0.25, -0.2) is 17.8 Å². The molecule has 0 aliphatic carbocycles. The minimum atomic E-state index is -4.15. The maximum Gasteiger partial charge on any atom is 0.306 e. The van der Waals surface area contributed by atoms with Gasteiger partial charge in [0.2, 0.25) is 11.8 Å². The summed E-state index contributed by atoms with van der Waals surface area (Å²) in [6.45, 7) is 1.24. The van der Waals surface area contributed by atoms with Crippen LogP contribution in [0, 0.1) is 22.9 Å². The van der Waals surface area contributed by atoms with E-state index in [4.69, 9.17) is 0 Å². The van der Waals surface area contributed by atoms with Crippen LogP contribution in [0.4, 0.5) is 16.0 Å². The summed E-state index contributed by atoms with van der Waals surface area (Å²) in [4.78, 5) is 13.0. The number of sulfonamides is 1. The molecule has 11 heteroatoms. The Bertz CT molecular complexity index is 817. The van der Waals surface area contributed by atoms with Gasteiger partial charge < -0.3 is 0 Å². The van der Waals surface area contributed by atoms with Crippen LogP contribution in [0.5, 0.6) is 0 Å². The molecule has 1 aromatic heterocycles. The molecular weight excluding hydrogens is 305 g/mol. The summed E-state index contributed by atoms with van der Waals surface area (Å²) in [7, 11) is -2.68. The SMILES string of the molecule is Cc1cc(S(=O)(=O)Nc2ncnn2C)cc([N+](=O)[O-])c1F. The average Bonchev–Trinajstić information content (AvgIpc) is 2.77. The van der Waals surface area contributed by atoms with Crippen LogP contribution < -0.4 is 4.72 Å². The third kappa shape index (κ3) is 2.81. The van der Waals surface area contributed by atoms with E-state index in [1.807, 2.05) is 0 Å². The van der Waals surface area contributed by atoms with Crippen molar-refractivity contribution in [3.05, 3.63) is 40.0 Å². The number of nitro benzene ring substituents is 1. The molecule has 0 saturated carbocycles. The summed E-state index contributed by atoms with van der Waals surface area (Å²) < 4.78 is 41.2. The minimum Gasteiger partial charge on any atom is -0.258 e. The van der Waals surface area contributed by atoms with Crippen LogP contribution in [-0.4, -0.2) is 28.1 Å². The Morgan fingerprint density at radius 2 is 2.10 bits per heavy atom. The number of nitrogens with zero attached hydrogens (tertiary/aromatic N) is 4. The molecule has 9 nitrogen and oxygen atoms in total. The molecule has 0 amide bonds. The van der Waals surface area contributed by atoms with Crippen molar-refractivity contribution in [1.82, 2.24) is 14.8 Å². The fourth-order valence-corrected chi connectivity index (χ4v) is 2.72. The predicted molar refractivity (Wildman–Crippen MR) is 69.6 cm³/mol. The smallest absolute Gasteiger partial charge is 0.258 e. The Balaban J connectivity index is 2.50. The quantitative estimate of drug-likeness (QED) is 0.663. The van der Waals surface area contributed by atoms with Crippen molar-refractivity contribution in [3.8, 4) is 0 Å². The zero-order valence-electron chi connectivity index (χ0n) is 10.9. The molecule has 0 radical (unpaired) electrons. The van der Waals surface area contributed by atoms with Crippen LogP contribution in [0.25, 0.3) is 0 Å². The highest BCUT2D eigenvalue weighted by Crippen LogP contribution is 2.25. The van der Waals surface area contributed by atoms with Crippen LogP contribution in [0.1, 0.15) is 5.56 Å². The van der Waals surface area contributed by atoms with Crippen molar-refractivity contribution in [1.29, 1.82) is 0 Å². The lowest BCUT2D eigenvalue weighted by atomic mass is 10.2. The summed E-state index contributed by atoms with van der Waals surface area (Å²) in [6, 6.07) is 1.65. The van der Waals surface area contributed by atoms with Crippen molar-refractivity contribution in [3.63, 3.8) is 0 Å². The summed E-state index contributed by atoms with van der Waals surface area (Å²) >= 11 is 0. The Morgan fingerprint density at radius 3 is 2.62 bits per heavy atom. The lowest BCUT2D eigenvalue weighted by Gasteiger charge is -2.08. The summed E-state index contributed by atoms with van der Waals surface area (Å²) in [5.74, 6) is -1.14. The highest BCUT2D eigenvalue weighted by Gasteiger charge is 2.24. The fourth-order valence-electron chi connectivity index (χ4n) is 1.57. The number of hydrogen-bond donors (Lipinski definition) is 1. The van der Waals surface area contributed by atoms with Gasteiger partial charge in [-0.05, 0) is 18.6 Å². The van der Waals surface area contributed by atoms with Gasteiger partial charge >= 0.3 is 5.69 Å². The largest absolute Gasteiger partial charge is 0.306 e. The molecule has 1 aromatic carbocycles. The zero-order valence-corrected chi connectivity index (χ0v) is 11.8. The van der Waals surface area contributed by atoms with Crippen LogP contribution in [-0.2, 0) is 17.1 Å². The number of rotatable bonds is 4. The van der Waals surface area contributed by atoms with Crippen LogP contribution in [0.2, 0.25) is 0 Å². The molecule has 0 aliphatic rings. The van der Waals surface area contributed by atoms with Gasteiger partial charge in [0.05, 0.1) is 9.82 Å². The average molecular weight is 315 g/mol. The highest BCUT2D eigenvalue weighted by molar-refractivity contribution is 7.92. The molecule has 0 fully saturated rings. The minimum absolute atomic E-state index is 0.0698. The maximum atomic E-state index is 13.6. The third-order valence-corrected chi connectivity index (χ3v) is 3.96. The summed E-state index contributed by atoms with van der Waals surface area (Å²) in [5, 5.41) is 14.4. The molecule has 21 heavy (non-hydrogen) atoms. The first kappa shape index (κ1) is 14.8. The lowest BCUT2D eigenvalue weighted by molar-refractivity contribution is -0.387. The first-order valence-corrected chi connectivity index (χ1v) is 7.02. The monoisotopic (exact) mass is 315 g/mol. The predicted octanol–water partition coefficient (Wildman–Crippen LogP) is 0.972. The van der Waals surface area contributed by atoms with Crippen molar-refractivity contribution >= 4 is 21.7 Å². The van der Waals surface area contributed by atoms with E-state index in [0.717, 1.165) is 12.4 Å². The second kappa shape index (κ2) is 5.09. The number of aryl methyl sites for hydroxylation is 2. The van der Waals surface area contributed by atoms with Gasteiger partial charge in [-0.15, -0.1) is 0 Å². The van der Waals surface area contributed by atoms with Gasteiger partial charge in [0.15, 0.2) is 0 Å². The number of anilines is 1. The molecule has 1 heterocycles. The second-order valence-electron chi connectivity index (χ2n) is 4.14. The summed E-state index contributed by atoms with van der Waals surface area (Å²) in [6.07, 6.45) is 1.14. The van der Waals surface area contributed by atoms with E-state index in [1.165, 1.54) is 18.7 Å². The van der Waals surface area contributed by atoms with E-state index >= 15 is 0 Å². The van der Waals surface area contributed by atoms with E-state index in [1.54, 1.807) is 0 Å². The van der Waals surface area contributed by atoms with Crippen molar-refractivity contribution < 1.29 is 17.7 Å². The van der Waals surface area contributed by atoms with Gasteiger partial charge in [-0.2, -0.15) is 14.5 Å². The summed E-state index contributed by atoms with van der Waals surface area (Å²) in [5.41, 5.74) is -1.06. The molecule has 112 valence electrons. The molecule has 0 aliphatic heterocycles. The van der Waals surface area contributed by atoms with Crippen molar-refractivity contribution in [2.75, 3.05) is 4.72 Å². The molecular formula is C10H10FN5O4S.